The van der Waals surface area contributed by atoms with Crippen LogP contribution in [0.1, 0.15) is 33.2 Å². The molecule has 166 valence electrons. The number of hydrogen-bond acceptors (Lipinski definition) is 6. The highest BCUT2D eigenvalue weighted by molar-refractivity contribution is 7.89. The fourth-order valence-corrected chi connectivity index (χ4v) is 3.96. The predicted molar refractivity (Wildman–Crippen MR) is 119 cm³/mol. The molecule has 7 nitrogen and oxygen atoms in total. The lowest BCUT2D eigenvalue weighted by Crippen LogP contribution is -2.23. The molecule has 0 saturated carbocycles. The van der Waals surface area contributed by atoms with Gasteiger partial charge in [-0.3, -0.25) is 4.79 Å². The number of Topliss-reactive ketones (excluding diaryl/α,β-unsaturated/α-hetero) is 1. The van der Waals surface area contributed by atoms with Gasteiger partial charge in [-0.15, -0.1) is 0 Å². The van der Waals surface area contributed by atoms with Crippen molar-refractivity contribution in [3.8, 4) is 5.75 Å². The average Bonchev–Trinajstić information content (AvgIpc) is 2.81. The normalized spacial score (nSPS) is 11.0. The lowest BCUT2D eigenvalue weighted by molar-refractivity contribution is 0.0449. The van der Waals surface area contributed by atoms with E-state index in [-0.39, 0.29) is 36.0 Å². The lowest BCUT2D eigenvalue weighted by atomic mass is 10.1. The first-order valence-electron chi connectivity index (χ1n) is 9.90. The third-order valence-electron chi connectivity index (χ3n) is 4.53. The van der Waals surface area contributed by atoms with Crippen molar-refractivity contribution in [3.63, 3.8) is 0 Å². The van der Waals surface area contributed by atoms with Gasteiger partial charge >= 0.3 is 5.97 Å². The largest absolute Gasteiger partial charge is 0.489 e. The van der Waals surface area contributed by atoms with Crippen LogP contribution in [0.15, 0.2) is 83.8 Å². The van der Waals surface area contributed by atoms with Crippen molar-refractivity contribution in [3.05, 3.63) is 95.6 Å². The molecule has 8 heteroatoms. The Labute approximate surface area is 187 Å². The van der Waals surface area contributed by atoms with Crippen molar-refractivity contribution in [1.82, 2.24) is 4.72 Å². The van der Waals surface area contributed by atoms with E-state index in [2.05, 4.69) is 4.72 Å². The van der Waals surface area contributed by atoms with Crippen LogP contribution in [0.4, 0.5) is 0 Å². The molecule has 3 aromatic rings. The minimum Gasteiger partial charge on any atom is -0.489 e. The van der Waals surface area contributed by atoms with Gasteiger partial charge in [0.25, 0.3) is 0 Å². The summed E-state index contributed by atoms with van der Waals surface area (Å²) in [6.45, 7) is 1.57. The highest BCUT2D eigenvalue weighted by atomic mass is 32.2. The molecule has 0 fully saturated rings. The molecule has 0 unspecified atom stereocenters. The van der Waals surface area contributed by atoms with E-state index in [9.17, 15) is 18.0 Å². The van der Waals surface area contributed by atoms with Crippen LogP contribution in [0.25, 0.3) is 0 Å². The van der Waals surface area contributed by atoms with E-state index < -0.39 is 16.0 Å². The fraction of sp³-hybridized carbons (Fsp3) is 0.167. The smallest absolute Gasteiger partial charge is 0.338 e. The molecule has 0 aromatic heterocycles. The first-order valence-corrected chi connectivity index (χ1v) is 11.4. The van der Waals surface area contributed by atoms with Crippen LogP contribution in [-0.2, 0) is 21.3 Å². The van der Waals surface area contributed by atoms with Crippen molar-refractivity contribution >= 4 is 21.8 Å². The van der Waals surface area contributed by atoms with Crippen molar-refractivity contribution in [1.29, 1.82) is 0 Å². The average molecular weight is 454 g/mol. The van der Waals surface area contributed by atoms with Gasteiger partial charge in [-0.1, -0.05) is 48.5 Å². The summed E-state index contributed by atoms with van der Waals surface area (Å²) in [4.78, 5) is 23.9. The van der Waals surface area contributed by atoms with Crippen LogP contribution < -0.4 is 9.46 Å². The molecule has 0 aliphatic heterocycles. The first-order chi connectivity index (χ1) is 15.4. The van der Waals surface area contributed by atoms with Crippen LogP contribution in [0.5, 0.6) is 5.75 Å². The Morgan fingerprint density at radius 1 is 0.875 bits per heavy atom. The zero-order valence-corrected chi connectivity index (χ0v) is 18.3. The molecule has 0 aliphatic rings. The molecule has 1 N–H and O–H groups in total. The van der Waals surface area contributed by atoms with Gasteiger partial charge in [-0.2, -0.15) is 0 Å². The van der Waals surface area contributed by atoms with E-state index in [0.29, 0.717) is 11.3 Å². The number of hydrogen-bond donors (Lipinski definition) is 1. The summed E-state index contributed by atoms with van der Waals surface area (Å²) in [6, 6.07) is 21.5. The fourth-order valence-electron chi connectivity index (χ4n) is 2.90. The Balaban J connectivity index is 1.56. The SMILES string of the molecule is CC(=O)c1ccccc1OCCOC(=O)c1cccc(S(=O)(=O)NCc2ccccc2)c1. The highest BCUT2D eigenvalue weighted by Gasteiger charge is 2.17. The number of sulfonamides is 1. The van der Waals surface area contributed by atoms with Crippen LogP contribution in [0, 0.1) is 0 Å². The number of benzene rings is 3. The summed E-state index contributed by atoms with van der Waals surface area (Å²) in [5.74, 6) is -0.390. The van der Waals surface area contributed by atoms with Gasteiger partial charge in [-0.05, 0) is 42.8 Å². The highest BCUT2D eigenvalue weighted by Crippen LogP contribution is 2.18. The van der Waals surface area contributed by atoms with Gasteiger partial charge in [0, 0.05) is 6.54 Å². The molecular formula is C24H23NO6S. The molecule has 3 aromatic carbocycles. The van der Waals surface area contributed by atoms with E-state index in [0.717, 1.165) is 5.56 Å². The van der Waals surface area contributed by atoms with Gasteiger partial charge in [0.05, 0.1) is 16.0 Å². The van der Waals surface area contributed by atoms with Crippen LogP contribution in [-0.4, -0.2) is 33.4 Å². The minimum atomic E-state index is -3.80. The second-order valence-electron chi connectivity index (χ2n) is 6.87. The summed E-state index contributed by atoms with van der Waals surface area (Å²) in [5.41, 5.74) is 1.37. The van der Waals surface area contributed by atoms with Gasteiger partial charge in [-0.25, -0.2) is 17.9 Å². The Hall–Kier alpha value is -3.49. The van der Waals surface area contributed by atoms with Crippen molar-refractivity contribution in [2.75, 3.05) is 13.2 Å². The Morgan fingerprint density at radius 3 is 2.34 bits per heavy atom. The number of ketones is 1. The second kappa shape index (κ2) is 10.7. The van der Waals surface area contributed by atoms with Gasteiger partial charge in [0.2, 0.25) is 10.0 Å². The minimum absolute atomic E-state index is 0.0329. The summed E-state index contributed by atoms with van der Waals surface area (Å²) < 4.78 is 38.4. The van der Waals surface area contributed by atoms with E-state index in [1.165, 1.54) is 31.2 Å². The number of carbonyl (C=O) groups excluding carboxylic acids is 2. The van der Waals surface area contributed by atoms with Gasteiger partial charge < -0.3 is 9.47 Å². The monoisotopic (exact) mass is 453 g/mol. The molecular weight excluding hydrogens is 430 g/mol. The molecule has 0 heterocycles. The van der Waals surface area contributed by atoms with E-state index in [4.69, 9.17) is 9.47 Å². The zero-order chi connectivity index (χ0) is 23.0. The van der Waals surface area contributed by atoms with Gasteiger partial charge in [0.1, 0.15) is 19.0 Å². The molecule has 0 atom stereocenters. The molecule has 0 spiro atoms. The third-order valence-corrected chi connectivity index (χ3v) is 5.93. The lowest BCUT2D eigenvalue weighted by Gasteiger charge is -2.11. The summed E-state index contributed by atoms with van der Waals surface area (Å²) >= 11 is 0. The summed E-state index contributed by atoms with van der Waals surface area (Å²) in [7, 11) is -3.80. The van der Waals surface area contributed by atoms with E-state index in [1.54, 1.807) is 24.3 Å². The Morgan fingerprint density at radius 2 is 1.59 bits per heavy atom. The summed E-state index contributed by atoms with van der Waals surface area (Å²) in [5, 5.41) is 0. The maximum absolute atomic E-state index is 12.6. The van der Waals surface area contributed by atoms with Gasteiger partial charge in [0.15, 0.2) is 5.78 Å². The first kappa shape index (κ1) is 23.2. The summed E-state index contributed by atoms with van der Waals surface area (Å²) in [6.07, 6.45) is 0. The Kier molecular flexibility index (Phi) is 7.75. The maximum atomic E-state index is 12.6. The molecule has 0 amide bonds. The van der Waals surface area contributed by atoms with Crippen LogP contribution in [0.2, 0.25) is 0 Å². The van der Waals surface area contributed by atoms with E-state index >= 15 is 0 Å². The molecule has 0 bridgehead atoms. The number of carbonyl (C=O) groups is 2. The quantitative estimate of drug-likeness (QED) is 0.286. The predicted octanol–water partition coefficient (Wildman–Crippen LogP) is 3.60. The maximum Gasteiger partial charge on any atom is 0.338 e. The topological polar surface area (TPSA) is 98.8 Å². The third kappa shape index (κ3) is 6.26. The number of ether oxygens (including phenoxy) is 2. The molecule has 32 heavy (non-hydrogen) atoms. The molecule has 3 rings (SSSR count). The molecule has 0 aliphatic carbocycles. The number of nitrogens with one attached hydrogen (secondary N) is 1. The standard InChI is InChI=1S/C24H23NO6S/c1-18(26)22-12-5-6-13-23(22)30-14-15-31-24(27)20-10-7-11-21(16-20)32(28,29)25-17-19-8-3-2-4-9-19/h2-13,16,25H,14-15,17H2,1H3. The van der Waals surface area contributed by atoms with Crippen LogP contribution in [0.3, 0.4) is 0 Å². The Bertz CT molecular complexity index is 1190. The van der Waals surface area contributed by atoms with Crippen LogP contribution >= 0.6 is 0 Å². The molecule has 0 saturated heterocycles. The second-order valence-corrected chi connectivity index (χ2v) is 8.64. The van der Waals surface area contributed by atoms with Crippen molar-refractivity contribution in [2.24, 2.45) is 0 Å². The molecule has 0 radical (unpaired) electrons. The number of esters is 1. The number of rotatable bonds is 10. The van der Waals surface area contributed by atoms with Crippen molar-refractivity contribution in [2.45, 2.75) is 18.4 Å². The van der Waals surface area contributed by atoms with E-state index in [1.807, 2.05) is 30.3 Å². The van der Waals surface area contributed by atoms with Crippen molar-refractivity contribution < 1.29 is 27.5 Å². The number of para-hydroxylation sites is 1. The zero-order valence-electron chi connectivity index (χ0n) is 17.5.